The lowest BCUT2D eigenvalue weighted by atomic mass is 9.95. The molecular formula is C26H36N2O5S2. The van der Waals surface area contributed by atoms with Gasteiger partial charge in [0.2, 0.25) is 10.0 Å². The Morgan fingerprint density at radius 3 is 2.49 bits per heavy atom. The van der Waals surface area contributed by atoms with E-state index in [0.717, 1.165) is 35.6 Å². The van der Waals surface area contributed by atoms with Crippen molar-refractivity contribution in [1.29, 1.82) is 0 Å². The highest BCUT2D eigenvalue weighted by molar-refractivity contribution is 7.99. The van der Waals surface area contributed by atoms with Crippen LogP contribution >= 0.6 is 11.8 Å². The summed E-state index contributed by atoms with van der Waals surface area (Å²) in [4.78, 5) is 14.7. The molecule has 0 amide bonds. The lowest BCUT2D eigenvalue weighted by Gasteiger charge is -2.29. The van der Waals surface area contributed by atoms with E-state index in [1.54, 1.807) is 38.7 Å². The Morgan fingerprint density at radius 2 is 1.89 bits per heavy atom. The van der Waals surface area contributed by atoms with Crippen LogP contribution in [0.5, 0.6) is 5.75 Å². The van der Waals surface area contributed by atoms with Gasteiger partial charge < -0.3 is 14.7 Å². The normalized spacial score (nSPS) is 18.1. The van der Waals surface area contributed by atoms with Gasteiger partial charge in [0.05, 0.1) is 16.0 Å². The highest BCUT2D eigenvalue weighted by Crippen LogP contribution is 2.44. The van der Waals surface area contributed by atoms with Crippen molar-refractivity contribution in [3.63, 3.8) is 0 Å². The number of hydrogen-bond acceptors (Lipinski definition) is 6. The van der Waals surface area contributed by atoms with E-state index in [9.17, 15) is 18.3 Å². The van der Waals surface area contributed by atoms with E-state index < -0.39 is 21.4 Å². The third-order valence-corrected chi connectivity index (χ3v) is 9.16. The average Bonchev–Trinajstić information content (AvgIpc) is 2.90. The molecule has 1 atom stereocenters. The molecule has 1 N–H and O–H groups in total. The fraction of sp³-hybridized carbons (Fsp3) is 0.500. The van der Waals surface area contributed by atoms with Gasteiger partial charge in [-0.3, -0.25) is 4.79 Å². The third-order valence-electron chi connectivity index (χ3n) is 6.31. The first-order valence-electron chi connectivity index (χ1n) is 12.0. The summed E-state index contributed by atoms with van der Waals surface area (Å²) in [6.45, 7) is 7.76. The number of para-hydroxylation sites is 1. The number of thioether (sulfide) groups is 1. The predicted octanol–water partition coefficient (Wildman–Crippen LogP) is 5.62. The van der Waals surface area contributed by atoms with E-state index in [1.807, 2.05) is 43.3 Å². The zero-order valence-corrected chi connectivity index (χ0v) is 22.8. The maximum atomic E-state index is 13.8. The molecule has 1 heterocycles. The summed E-state index contributed by atoms with van der Waals surface area (Å²) >= 11 is 1.55. The van der Waals surface area contributed by atoms with Crippen LogP contribution in [0.3, 0.4) is 0 Å². The van der Waals surface area contributed by atoms with Crippen molar-refractivity contribution in [2.45, 2.75) is 62.8 Å². The number of carbonyl (C=O) groups is 1. The standard InChI is InChI=1S/C26H36N2O5S2/c1-6-8-12-20-17-28(19-13-10-9-11-14-19)21-15-23(34-7-2)22(33-18-26(3,4)25(29)30)16-24(21)35(31,32)27(20)5/h9-11,13-16,20H,6-8,12,17-18H2,1-5H3,(H,29,30). The minimum absolute atomic E-state index is 0.0736. The lowest BCUT2D eigenvalue weighted by Crippen LogP contribution is -2.40. The zero-order valence-electron chi connectivity index (χ0n) is 21.2. The zero-order chi connectivity index (χ0) is 25.8. The summed E-state index contributed by atoms with van der Waals surface area (Å²) in [5.74, 6) is 0.175. The SMILES string of the molecule is CCCCC1CN(c2ccccc2)c2cc(SCC)c(OCC(C)(C)C(=O)O)cc2S(=O)(=O)N1C. The molecule has 2 aromatic rings. The topological polar surface area (TPSA) is 87.1 Å². The van der Waals surface area contributed by atoms with Crippen molar-refractivity contribution in [3.05, 3.63) is 42.5 Å². The third kappa shape index (κ3) is 5.95. The molecule has 0 fully saturated rings. The van der Waals surface area contributed by atoms with Gasteiger partial charge >= 0.3 is 5.97 Å². The van der Waals surface area contributed by atoms with Crippen molar-refractivity contribution in [2.75, 3.05) is 30.9 Å². The number of hydrogen-bond donors (Lipinski definition) is 1. The smallest absolute Gasteiger partial charge is 0.312 e. The van der Waals surface area contributed by atoms with Crippen LogP contribution < -0.4 is 9.64 Å². The molecule has 2 aromatic carbocycles. The number of benzene rings is 2. The van der Waals surface area contributed by atoms with Crippen LogP contribution in [0.15, 0.2) is 52.3 Å². The summed E-state index contributed by atoms with van der Waals surface area (Å²) in [5, 5.41) is 9.51. The van der Waals surface area contributed by atoms with Crippen molar-refractivity contribution in [3.8, 4) is 5.75 Å². The van der Waals surface area contributed by atoms with Crippen LogP contribution in [0, 0.1) is 5.41 Å². The van der Waals surface area contributed by atoms with E-state index in [-0.39, 0.29) is 17.5 Å². The second-order valence-electron chi connectivity index (χ2n) is 9.44. The van der Waals surface area contributed by atoms with Gasteiger partial charge in [0, 0.05) is 31.4 Å². The molecule has 7 nitrogen and oxygen atoms in total. The minimum atomic E-state index is -3.82. The van der Waals surface area contributed by atoms with Crippen LogP contribution in [0.4, 0.5) is 11.4 Å². The quantitative estimate of drug-likeness (QED) is 0.407. The fourth-order valence-corrected chi connectivity index (χ4v) is 6.32. The number of sulfonamides is 1. The predicted molar refractivity (Wildman–Crippen MR) is 141 cm³/mol. The number of carboxylic acids is 1. The number of nitrogens with zero attached hydrogens (tertiary/aromatic N) is 2. The molecule has 0 saturated carbocycles. The van der Waals surface area contributed by atoms with Gasteiger partial charge in [-0.2, -0.15) is 4.31 Å². The molecule has 1 aliphatic rings. The van der Waals surface area contributed by atoms with Crippen LogP contribution in [0.1, 0.15) is 47.0 Å². The number of likely N-dealkylation sites (N-methyl/N-ethyl adjacent to an activating group) is 1. The highest BCUT2D eigenvalue weighted by atomic mass is 32.2. The van der Waals surface area contributed by atoms with Crippen LogP contribution in [-0.2, 0) is 14.8 Å². The Balaban J connectivity index is 2.19. The number of carboxylic acid groups (broad SMARTS) is 1. The average molecular weight is 521 g/mol. The molecule has 3 rings (SSSR count). The summed E-state index contributed by atoms with van der Waals surface area (Å²) in [7, 11) is -2.17. The molecule has 0 aromatic heterocycles. The van der Waals surface area contributed by atoms with E-state index >= 15 is 0 Å². The summed E-state index contributed by atoms with van der Waals surface area (Å²) < 4.78 is 35.2. The van der Waals surface area contributed by atoms with Gasteiger partial charge in [-0.05, 0) is 44.2 Å². The summed E-state index contributed by atoms with van der Waals surface area (Å²) in [5.41, 5.74) is 0.425. The number of ether oxygens (including phenoxy) is 1. The molecular weight excluding hydrogens is 484 g/mol. The Kier molecular flexibility index (Phi) is 8.77. The van der Waals surface area contributed by atoms with Crippen molar-refractivity contribution in [1.82, 2.24) is 4.31 Å². The largest absolute Gasteiger partial charge is 0.491 e. The van der Waals surface area contributed by atoms with E-state index in [0.29, 0.717) is 18.0 Å². The van der Waals surface area contributed by atoms with Crippen LogP contribution in [-0.4, -0.2) is 55.8 Å². The Morgan fingerprint density at radius 1 is 1.20 bits per heavy atom. The number of fused-ring (bicyclic) bond motifs is 1. The Bertz CT molecular complexity index is 1140. The first-order valence-corrected chi connectivity index (χ1v) is 14.4. The first kappa shape index (κ1) is 27.4. The van der Waals surface area contributed by atoms with Crippen LogP contribution in [0.25, 0.3) is 0 Å². The maximum Gasteiger partial charge on any atom is 0.312 e. The molecule has 0 spiro atoms. The number of anilines is 2. The van der Waals surface area contributed by atoms with Crippen molar-refractivity contribution < 1.29 is 23.1 Å². The second-order valence-corrected chi connectivity index (χ2v) is 12.7. The molecule has 9 heteroatoms. The first-order chi connectivity index (χ1) is 16.5. The van der Waals surface area contributed by atoms with Crippen LogP contribution in [0.2, 0.25) is 0 Å². The molecule has 0 aliphatic carbocycles. The second kappa shape index (κ2) is 11.2. The summed E-state index contributed by atoms with van der Waals surface area (Å²) in [6, 6.07) is 13.1. The number of aliphatic carboxylic acids is 1. The molecule has 0 bridgehead atoms. The lowest BCUT2D eigenvalue weighted by molar-refractivity contribution is -0.148. The van der Waals surface area contributed by atoms with Gasteiger partial charge in [0.15, 0.2) is 0 Å². The van der Waals surface area contributed by atoms with Gasteiger partial charge in [0.25, 0.3) is 0 Å². The Hall–Kier alpha value is -2.23. The van der Waals surface area contributed by atoms with Gasteiger partial charge in [-0.25, -0.2) is 8.42 Å². The molecule has 1 unspecified atom stereocenters. The van der Waals surface area contributed by atoms with E-state index in [2.05, 4.69) is 11.8 Å². The molecule has 0 saturated heterocycles. The molecule has 0 radical (unpaired) electrons. The Labute approximate surface area is 213 Å². The summed E-state index contributed by atoms with van der Waals surface area (Å²) in [6.07, 6.45) is 2.67. The maximum absolute atomic E-state index is 13.8. The number of unbranched alkanes of at least 4 members (excludes halogenated alkanes) is 1. The van der Waals surface area contributed by atoms with Gasteiger partial charge in [-0.1, -0.05) is 44.9 Å². The molecule has 1 aliphatic heterocycles. The minimum Gasteiger partial charge on any atom is -0.491 e. The van der Waals surface area contributed by atoms with Crippen molar-refractivity contribution in [2.24, 2.45) is 5.41 Å². The van der Waals surface area contributed by atoms with Gasteiger partial charge in [-0.15, -0.1) is 11.8 Å². The molecule has 192 valence electrons. The van der Waals surface area contributed by atoms with E-state index in [4.69, 9.17) is 4.74 Å². The number of rotatable bonds is 10. The van der Waals surface area contributed by atoms with Gasteiger partial charge in [0.1, 0.15) is 17.3 Å². The molecule has 35 heavy (non-hydrogen) atoms. The fourth-order valence-electron chi connectivity index (χ4n) is 3.99. The van der Waals surface area contributed by atoms with Crippen molar-refractivity contribution >= 4 is 39.1 Å². The monoisotopic (exact) mass is 520 g/mol. The highest BCUT2D eigenvalue weighted by Gasteiger charge is 2.38. The van der Waals surface area contributed by atoms with E-state index in [1.165, 1.54) is 4.31 Å².